The van der Waals surface area contributed by atoms with Crippen molar-refractivity contribution in [3.05, 3.63) is 59.2 Å². The number of hydrogen-bond donors (Lipinski definition) is 2. The van der Waals surface area contributed by atoms with E-state index in [-0.39, 0.29) is 42.1 Å². The molecule has 1 saturated carbocycles. The van der Waals surface area contributed by atoms with Gasteiger partial charge in [0.15, 0.2) is 5.82 Å². The maximum absolute atomic E-state index is 15.3. The Morgan fingerprint density at radius 2 is 1.97 bits per heavy atom. The molecule has 35 heavy (non-hydrogen) atoms. The predicted molar refractivity (Wildman–Crippen MR) is 123 cm³/mol. The van der Waals surface area contributed by atoms with Crippen molar-refractivity contribution in [3.8, 4) is 0 Å². The van der Waals surface area contributed by atoms with E-state index in [2.05, 4.69) is 20.2 Å². The lowest BCUT2D eigenvalue weighted by Gasteiger charge is -2.29. The van der Waals surface area contributed by atoms with Gasteiger partial charge in [-0.3, -0.25) is 24.5 Å². The fourth-order valence-corrected chi connectivity index (χ4v) is 5.02. The second kappa shape index (κ2) is 8.00. The Kier molecular flexibility index (Phi) is 4.91. The second-order valence-electron chi connectivity index (χ2n) is 9.25. The summed E-state index contributed by atoms with van der Waals surface area (Å²) in [5.41, 5.74) is 1.32. The van der Waals surface area contributed by atoms with Gasteiger partial charge in [0.1, 0.15) is 11.7 Å². The summed E-state index contributed by atoms with van der Waals surface area (Å²) >= 11 is 0. The Balaban J connectivity index is 1.22. The molecule has 0 bridgehead atoms. The summed E-state index contributed by atoms with van der Waals surface area (Å²) in [4.78, 5) is 55.1. The van der Waals surface area contributed by atoms with Gasteiger partial charge in [0.05, 0.1) is 17.8 Å². The number of nitrogens with zero attached hydrogens (tertiary/aromatic N) is 3. The highest BCUT2D eigenvalue weighted by atomic mass is 19.1. The summed E-state index contributed by atoms with van der Waals surface area (Å²) in [5, 5.41) is 5.64. The first-order valence-corrected chi connectivity index (χ1v) is 11.6. The van der Waals surface area contributed by atoms with Crippen molar-refractivity contribution in [2.45, 2.75) is 50.7 Å². The van der Waals surface area contributed by atoms with Gasteiger partial charge in [0.2, 0.25) is 11.8 Å². The summed E-state index contributed by atoms with van der Waals surface area (Å²) in [6.45, 7) is -0.113. The molecule has 1 unspecified atom stereocenters. The van der Waals surface area contributed by atoms with Crippen molar-refractivity contribution >= 4 is 40.3 Å². The highest BCUT2D eigenvalue weighted by Gasteiger charge is 2.40. The Morgan fingerprint density at radius 3 is 2.71 bits per heavy atom. The van der Waals surface area contributed by atoms with E-state index in [1.165, 1.54) is 29.7 Å². The zero-order chi connectivity index (χ0) is 24.3. The van der Waals surface area contributed by atoms with Crippen LogP contribution in [0, 0.1) is 5.82 Å². The highest BCUT2D eigenvalue weighted by molar-refractivity contribution is 6.07. The zero-order valence-corrected chi connectivity index (χ0v) is 18.7. The third-order valence-electron chi connectivity index (χ3n) is 7.18. The lowest BCUT2D eigenvalue weighted by molar-refractivity contribution is -0.136. The van der Waals surface area contributed by atoms with E-state index in [0.717, 1.165) is 23.9 Å². The molecule has 3 aliphatic rings. The third-order valence-corrected chi connectivity index (χ3v) is 7.18. The normalized spacial score (nSPS) is 20.1. The van der Waals surface area contributed by atoms with E-state index in [9.17, 15) is 19.2 Å². The number of rotatable bonds is 4. The van der Waals surface area contributed by atoms with Crippen molar-refractivity contribution in [2.24, 2.45) is 0 Å². The van der Waals surface area contributed by atoms with E-state index in [4.69, 9.17) is 0 Å². The van der Waals surface area contributed by atoms with Crippen LogP contribution in [0.15, 0.2) is 36.7 Å². The quantitative estimate of drug-likeness (QED) is 0.564. The van der Waals surface area contributed by atoms with Crippen molar-refractivity contribution in [1.29, 1.82) is 0 Å². The molecule has 178 valence electrons. The first-order chi connectivity index (χ1) is 16.9. The molecule has 0 spiro atoms. The van der Waals surface area contributed by atoms with E-state index in [1.54, 1.807) is 6.07 Å². The number of hydrogen-bond acceptors (Lipinski definition) is 5. The van der Waals surface area contributed by atoms with Gasteiger partial charge in [0, 0.05) is 41.4 Å². The summed E-state index contributed by atoms with van der Waals surface area (Å²) in [7, 11) is 0. The maximum Gasteiger partial charge on any atom is 0.257 e. The summed E-state index contributed by atoms with van der Waals surface area (Å²) < 4.78 is 17.5. The zero-order valence-electron chi connectivity index (χ0n) is 18.7. The third kappa shape index (κ3) is 3.48. The molecule has 4 amide bonds. The molecule has 1 aliphatic carbocycles. The first-order valence-electron chi connectivity index (χ1n) is 11.6. The summed E-state index contributed by atoms with van der Waals surface area (Å²) in [5.74, 6) is -2.66. The molecule has 1 saturated heterocycles. The topological polar surface area (TPSA) is 113 Å². The molecule has 2 N–H and O–H groups in total. The molecule has 3 aromatic rings. The molecule has 9 nitrogen and oxygen atoms in total. The van der Waals surface area contributed by atoms with Crippen molar-refractivity contribution in [2.75, 3.05) is 5.32 Å². The minimum atomic E-state index is -0.838. The molecule has 10 heteroatoms. The molecule has 1 atom stereocenters. The Labute approximate surface area is 199 Å². The molecule has 0 radical (unpaired) electrons. The van der Waals surface area contributed by atoms with Crippen LogP contribution in [0.4, 0.5) is 10.1 Å². The minimum Gasteiger partial charge on any atom is -0.329 e. The Bertz CT molecular complexity index is 1430. The number of piperidine rings is 1. The molecular formula is C25H22FN5O4. The van der Waals surface area contributed by atoms with Crippen LogP contribution in [-0.2, 0) is 16.1 Å². The number of imide groups is 1. The lowest BCUT2D eigenvalue weighted by Crippen LogP contribution is -2.52. The number of carbonyl (C=O) groups excluding carboxylic acids is 4. The predicted octanol–water partition coefficient (Wildman–Crippen LogP) is 2.91. The number of amides is 4. The number of carbonyl (C=O) groups is 4. The number of nitrogens with one attached hydrogen (secondary N) is 2. The van der Waals surface area contributed by atoms with Crippen molar-refractivity contribution in [1.82, 2.24) is 19.8 Å². The SMILES string of the molecule is O=C1CCC(N2Cc3c(ccc(NC(=O)c4cnc5c(ccn5C5CCC5)c4)c3F)C2=O)C(=O)N1. The van der Waals surface area contributed by atoms with Crippen LogP contribution in [0.2, 0.25) is 0 Å². The maximum atomic E-state index is 15.3. The molecule has 2 aromatic heterocycles. The fraction of sp³-hybridized carbons (Fsp3) is 0.320. The van der Waals surface area contributed by atoms with E-state index in [0.29, 0.717) is 11.6 Å². The largest absolute Gasteiger partial charge is 0.329 e. The number of fused-ring (bicyclic) bond motifs is 2. The minimum absolute atomic E-state index is 0.0567. The molecule has 2 aliphatic heterocycles. The first kappa shape index (κ1) is 21.5. The van der Waals surface area contributed by atoms with Gasteiger partial charge >= 0.3 is 0 Å². The average molecular weight is 475 g/mol. The van der Waals surface area contributed by atoms with Crippen LogP contribution in [0.3, 0.4) is 0 Å². The number of benzene rings is 1. The Morgan fingerprint density at radius 1 is 1.14 bits per heavy atom. The van der Waals surface area contributed by atoms with Crippen LogP contribution < -0.4 is 10.6 Å². The van der Waals surface area contributed by atoms with Gasteiger partial charge in [-0.05, 0) is 49.9 Å². The molecule has 1 aromatic carbocycles. The monoisotopic (exact) mass is 475 g/mol. The van der Waals surface area contributed by atoms with Crippen LogP contribution in [0.1, 0.15) is 64.4 Å². The summed E-state index contributed by atoms with van der Waals surface area (Å²) in [6, 6.07) is 6.05. The van der Waals surface area contributed by atoms with Gasteiger partial charge in [-0.2, -0.15) is 0 Å². The van der Waals surface area contributed by atoms with Gasteiger partial charge < -0.3 is 14.8 Å². The second-order valence-corrected chi connectivity index (χ2v) is 9.25. The van der Waals surface area contributed by atoms with Crippen LogP contribution in [-0.4, -0.2) is 44.1 Å². The average Bonchev–Trinajstić information content (AvgIpc) is 3.36. The number of aromatic nitrogens is 2. The number of pyridine rings is 1. The smallest absolute Gasteiger partial charge is 0.257 e. The standard InChI is InChI=1S/C25H22FN5O4/c26-21-17-12-31(19-6-7-20(32)29-24(19)34)25(35)16(17)4-5-18(21)28-23(33)14-10-13-8-9-30(15-2-1-3-15)22(13)27-11-14/h4-5,8-11,15,19H,1-3,6-7,12H2,(H,28,33)(H,29,32,34). The van der Waals surface area contributed by atoms with E-state index in [1.807, 2.05) is 12.3 Å². The fourth-order valence-electron chi connectivity index (χ4n) is 5.02. The highest BCUT2D eigenvalue weighted by Crippen LogP contribution is 2.35. The molecule has 6 rings (SSSR count). The van der Waals surface area contributed by atoms with E-state index >= 15 is 4.39 Å². The number of halogens is 1. The van der Waals surface area contributed by atoms with Crippen LogP contribution >= 0.6 is 0 Å². The number of anilines is 1. The van der Waals surface area contributed by atoms with Gasteiger partial charge in [-0.1, -0.05) is 0 Å². The van der Waals surface area contributed by atoms with Gasteiger partial charge in [-0.15, -0.1) is 0 Å². The van der Waals surface area contributed by atoms with Crippen molar-refractivity contribution < 1.29 is 23.6 Å². The van der Waals surface area contributed by atoms with Gasteiger partial charge in [-0.25, -0.2) is 9.37 Å². The Hall–Kier alpha value is -4.08. The van der Waals surface area contributed by atoms with Crippen molar-refractivity contribution in [3.63, 3.8) is 0 Å². The lowest BCUT2D eigenvalue weighted by atomic mass is 9.93. The summed E-state index contributed by atoms with van der Waals surface area (Å²) in [6.07, 6.45) is 7.20. The van der Waals surface area contributed by atoms with E-state index < -0.39 is 29.6 Å². The molecule has 4 heterocycles. The van der Waals surface area contributed by atoms with Crippen LogP contribution in [0.25, 0.3) is 11.0 Å². The molecular weight excluding hydrogens is 453 g/mol. The molecule has 2 fully saturated rings. The van der Waals surface area contributed by atoms with Crippen LogP contribution in [0.5, 0.6) is 0 Å². The van der Waals surface area contributed by atoms with Gasteiger partial charge in [0.25, 0.3) is 11.8 Å².